The molecule has 4 rings (SSSR count). The molecule has 0 bridgehead atoms. The van der Waals surface area contributed by atoms with Gasteiger partial charge in [0.25, 0.3) is 0 Å². The van der Waals surface area contributed by atoms with Crippen molar-refractivity contribution in [1.29, 1.82) is 0 Å². The first-order valence-corrected chi connectivity index (χ1v) is 11.0. The van der Waals surface area contributed by atoms with Gasteiger partial charge in [0.15, 0.2) is 0 Å². The number of nitrogens with zero attached hydrogens (tertiary/aromatic N) is 1. The number of carbonyl (C=O) groups is 1. The monoisotopic (exact) mass is 473 g/mol. The van der Waals surface area contributed by atoms with E-state index in [9.17, 15) is 4.79 Å². The molecule has 34 heavy (non-hydrogen) atoms. The predicted molar refractivity (Wildman–Crippen MR) is 135 cm³/mol. The van der Waals surface area contributed by atoms with Gasteiger partial charge in [-0.15, -0.1) is 0 Å². The predicted octanol–water partition coefficient (Wildman–Crippen LogP) is 5.74. The number of carbonyl (C=O) groups excluding carboxylic acids is 1. The minimum Gasteiger partial charge on any atom is -0.497 e. The SMILES string of the molecule is COc1ccc(OC)c(-c2cnc(-c3cccc(CNC(=O)/C=C/c4ccccc4Cl)c3)[nH]2)c1. The minimum absolute atomic E-state index is 0.198. The number of H-pyrrole nitrogens is 1. The zero-order valence-corrected chi connectivity index (χ0v) is 19.6. The molecule has 2 N–H and O–H groups in total. The first-order valence-electron chi connectivity index (χ1n) is 10.6. The fraction of sp³-hybridized carbons (Fsp3) is 0.111. The van der Waals surface area contributed by atoms with Gasteiger partial charge in [-0.2, -0.15) is 0 Å². The van der Waals surface area contributed by atoms with Crippen molar-refractivity contribution in [2.24, 2.45) is 0 Å². The van der Waals surface area contributed by atoms with Crippen LogP contribution in [0.2, 0.25) is 5.02 Å². The quantitative estimate of drug-likeness (QED) is 0.320. The summed E-state index contributed by atoms with van der Waals surface area (Å²) in [7, 11) is 3.25. The van der Waals surface area contributed by atoms with E-state index in [2.05, 4.69) is 15.3 Å². The molecule has 0 aliphatic heterocycles. The fourth-order valence-electron chi connectivity index (χ4n) is 3.48. The molecule has 0 fully saturated rings. The van der Waals surface area contributed by atoms with Crippen LogP contribution in [-0.4, -0.2) is 30.1 Å². The van der Waals surface area contributed by atoms with Crippen LogP contribution in [0.4, 0.5) is 0 Å². The molecule has 6 nitrogen and oxygen atoms in total. The van der Waals surface area contributed by atoms with Gasteiger partial charge >= 0.3 is 0 Å². The molecular weight excluding hydrogens is 450 g/mol. The normalized spacial score (nSPS) is 10.9. The minimum atomic E-state index is -0.198. The lowest BCUT2D eigenvalue weighted by molar-refractivity contribution is -0.116. The number of aromatic nitrogens is 2. The van der Waals surface area contributed by atoms with Crippen LogP contribution in [0.1, 0.15) is 11.1 Å². The second-order valence-electron chi connectivity index (χ2n) is 7.48. The number of benzene rings is 3. The Morgan fingerprint density at radius 3 is 2.71 bits per heavy atom. The fourth-order valence-corrected chi connectivity index (χ4v) is 3.68. The molecular formula is C27H24ClN3O3. The van der Waals surface area contributed by atoms with E-state index in [1.54, 1.807) is 32.6 Å². The van der Waals surface area contributed by atoms with Gasteiger partial charge in [-0.25, -0.2) is 4.98 Å². The largest absolute Gasteiger partial charge is 0.497 e. The average Bonchev–Trinajstić information content (AvgIpc) is 3.37. The summed E-state index contributed by atoms with van der Waals surface area (Å²) < 4.78 is 10.8. The Morgan fingerprint density at radius 2 is 1.91 bits per heavy atom. The number of hydrogen-bond acceptors (Lipinski definition) is 4. The summed E-state index contributed by atoms with van der Waals surface area (Å²) in [6.45, 7) is 0.386. The molecule has 1 amide bonds. The topological polar surface area (TPSA) is 76.2 Å². The molecule has 0 atom stereocenters. The molecule has 4 aromatic rings. The standard InChI is InChI=1S/C27H24ClN3O3/c1-33-21-11-12-25(34-2)22(15-21)24-17-30-27(31-24)20-8-5-6-18(14-20)16-29-26(32)13-10-19-7-3-4-9-23(19)28/h3-15,17H,16H2,1-2H3,(H,29,32)(H,30,31)/b13-10+. The Morgan fingerprint density at radius 1 is 1.06 bits per heavy atom. The molecule has 0 saturated heterocycles. The first-order chi connectivity index (χ1) is 16.6. The summed E-state index contributed by atoms with van der Waals surface area (Å²) in [6, 6.07) is 20.8. The van der Waals surface area contributed by atoms with Gasteiger partial charge in [-0.3, -0.25) is 4.79 Å². The summed E-state index contributed by atoms with van der Waals surface area (Å²) >= 11 is 6.12. The van der Waals surface area contributed by atoms with Gasteiger partial charge in [0.1, 0.15) is 17.3 Å². The van der Waals surface area contributed by atoms with E-state index in [0.29, 0.717) is 17.4 Å². The highest BCUT2D eigenvalue weighted by molar-refractivity contribution is 6.32. The van der Waals surface area contributed by atoms with Crippen molar-refractivity contribution in [1.82, 2.24) is 15.3 Å². The molecule has 7 heteroatoms. The van der Waals surface area contributed by atoms with Crippen LogP contribution in [0.3, 0.4) is 0 Å². The van der Waals surface area contributed by atoms with Crippen molar-refractivity contribution in [2.75, 3.05) is 14.2 Å². The molecule has 0 aliphatic carbocycles. The van der Waals surface area contributed by atoms with Crippen molar-refractivity contribution >= 4 is 23.6 Å². The Bertz CT molecular complexity index is 1330. The second kappa shape index (κ2) is 10.7. The Balaban J connectivity index is 1.46. The summed E-state index contributed by atoms with van der Waals surface area (Å²) in [4.78, 5) is 20.1. The number of nitrogens with one attached hydrogen (secondary N) is 2. The van der Waals surface area contributed by atoms with Gasteiger partial charge < -0.3 is 19.8 Å². The van der Waals surface area contributed by atoms with E-state index in [-0.39, 0.29) is 5.91 Å². The van der Waals surface area contributed by atoms with E-state index in [1.165, 1.54) is 6.08 Å². The van der Waals surface area contributed by atoms with Gasteiger partial charge in [-0.1, -0.05) is 48.0 Å². The Labute approximate surface area is 203 Å². The van der Waals surface area contributed by atoms with Gasteiger partial charge in [-0.05, 0) is 47.5 Å². The van der Waals surface area contributed by atoms with E-state index < -0.39 is 0 Å². The molecule has 0 radical (unpaired) electrons. The third-order valence-electron chi connectivity index (χ3n) is 5.26. The molecule has 1 aromatic heterocycles. The van der Waals surface area contributed by atoms with Crippen LogP contribution in [0.15, 0.2) is 79.0 Å². The van der Waals surface area contributed by atoms with E-state index in [4.69, 9.17) is 21.1 Å². The molecule has 172 valence electrons. The maximum atomic E-state index is 12.2. The van der Waals surface area contributed by atoms with Gasteiger partial charge in [0.05, 0.1) is 26.1 Å². The summed E-state index contributed by atoms with van der Waals surface area (Å²) in [5.41, 5.74) is 4.33. The van der Waals surface area contributed by atoms with Crippen LogP contribution in [0.5, 0.6) is 11.5 Å². The molecule has 0 saturated carbocycles. The second-order valence-corrected chi connectivity index (χ2v) is 7.89. The maximum absolute atomic E-state index is 12.2. The molecule has 3 aromatic carbocycles. The van der Waals surface area contributed by atoms with Crippen LogP contribution < -0.4 is 14.8 Å². The first kappa shape index (κ1) is 23.1. The van der Waals surface area contributed by atoms with Crippen molar-refractivity contribution in [3.8, 4) is 34.1 Å². The Hall–Kier alpha value is -4.03. The van der Waals surface area contributed by atoms with Gasteiger partial charge in [0.2, 0.25) is 5.91 Å². The zero-order chi connectivity index (χ0) is 23.9. The molecule has 0 spiro atoms. The number of amides is 1. The number of rotatable bonds is 8. The van der Waals surface area contributed by atoms with Crippen LogP contribution in [0, 0.1) is 0 Å². The van der Waals surface area contributed by atoms with E-state index in [1.807, 2.05) is 60.7 Å². The summed E-state index contributed by atoms with van der Waals surface area (Å²) in [5.74, 6) is 1.97. The van der Waals surface area contributed by atoms with Crippen molar-refractivity contribution in [2.45, 2.75) is 6.54 Å². The highest BCUT2D eigenvalue weighted by atomic mass is 35.5. The summed E-state index contributed by atoms with van der Waals surface area (Å²) in [6.07, 6.45) is 4.94. The number of ether oxygens (including phenoxy) is 2. The number of hydrogen-bond donors (Lipinski definition) is 2. The summed E-state index contributed by atoms with van der Waals surface area (Å²) in [5, 5.41) is 3.50. The van der Waals surface area contributed by atoms with E-state index in [0.717, 1.165) is 39.4 Å². The number of imidazole rings is 1. The third kappa shape index (κ3) is 5.47. The smallest absolute Gasteiger partial charge is 0.244 e. The molecule has 0 unspecified atom stereocenters. The van der Waals surface area contributed by atoms with Crippen LogP contribution in [-0.2, 0) is 11.3 Å². The highest BCUT2D eigenvalue weighted by Gasteiger charge is 2.12. The Kier molecular flexibility index (Phi) is 7.30. The molecule has 0 aliphatic rings. The van der Waals surface area contributed by atoms with Crippen LogP contribution >= 0.6 is 11.6 Å². The molecule has 1 heterocycles. The lowest BCUT2D eigenvalue weighted by atomic mass is 10.1. The van der Waals surface area contributed by atoms with Crippen LogP contribution in [0.25, 0.3) is 28.7 Å². The third-order valence-corrected chi connectivity index (χ3v) is 5.60. The van der Waals surface area contributed by atoms with E-state index >= 15 is 0 Å². The number of methoxy groups -OCH3 is 2. The van der Waals surface area contributed by atoms with Crippen molar-refractivity contribution in [3.63, 3.8) is 0 Å². The lowest BCUT2D eigenvalue weighted by Gasteiger charge is -2.09. The van der Waals surface area contributed by atoms with Crippen molar-refractivity contribution in [3.05, 3.63) is 95.2 Å². The zero-order valence-electron chi connectivity index (χ0n) is 18.8. The number of aromatic amines is 1. The van der Waals surface area contributed by atoms with Crippen molar-refractivity contribution < 1.29 is 14.3 Å². The number of halogens is 1. The lowest BCUT2D eigenvalue weighted by Crippen LogP contribution is -2.20. The maximum Gasteiger partial charge on any atom is 0.244 e. The van der Waals surface area contributed by atoms with Gasteiger partial charge in [0, 0.05) is 28.8 Å². The highest BCUT2D eigenvalue weighted by Crippen LogP contribution is 2.33. The average molecular weight is 474 g/mol.